The van der Waals surface area contributed by atoms with Gasteiger partial charge in [-0.15, -0.1) is 11.3 Å². The summed E-state index contributed by atoms with van der Waals surface area (Å²) >= 11 is 1.45. The number of thiazole rings is 1. The first kappa shape index (κ1) is 13.9. The number of nitrogens with zero attached hydrogens (tertiary/aromatic N) is 2. The second kappa shape index (κ2) is 5.64. The van der Waals surface area contributed by atoms with Crippen LogP contribution in [-0.2, 0) is 16.8 Å². The maximum absolute atomic E-state index is 12.2. The largest absolute Gasteiger partial charge is 0.279 e. The van der Waals surface area contributed by atoms with Crippen molar-refractivity contribution in [2.75, 3.05) is 13.1 Å². The van der Waals surface area contributed by atoms with E-state index in [4.69, 9.17) is 0 Å². The molecule has 1 aliphatic heterocycles. The fraction of sp³-hybridized carbons (Fsp3) is 0.727. The molecule has 102 valence electrons. The van der Waals surface area contributed by atoms with Crippen LogP contribution in [0.25, 0.3) is 0 Å². The van der Waals surface area contributed by atoms with Gasteiger partial charge >= 0.3 is 0 Å². The Hall–Kier alpha value is -0.500. The molecule has 0 amide bonds. The smallest absolute Gasteiger partial charge is 0.248 e. The lowest BCUT2D eigenvalue weighted by Crippen LogP contribution is -2.47. The second-order valence-electron chi connectivity index (χ2n) is 5.02. The third-order valence-electron chi connectivity index (χ3n) is 3.06. The zero-order valence-electron chi connectivity index (χ0n) is 10.7. The van der Waals surface area contributed by atoms with Gasteiger partial charge in [-0.3, -0.25) is 0 Å². The molecular weight excluding hydrogens is 270 g/mol. The van der Waals surface area contributed by atoms with E-state index in [1.807, 2.05) is 5.38 Å². The molecule has 5 nitrogen and oxygen atoms in total. The quantitative estimate of drug-likeness (QED) is 0.912. The zero-order chi connectivity index (χ0) is 13.2. The number of aromatic nitrogens is 1. The Labute approximate surface area is 112 Å². The highest BCUT2D eigenvalue weighted by Gasteiger charge is 2.30. The zero-order valence-corrected chi connectivity index (χ0v) is 12.3. The molecule has 1 aromatic heterocycles. The van der Waals surface area contributed by atoms with Gasteiger partial charge in [0.2, 0.25) is 0 Å². The van der Waals surface area contributed by atoms with Crippen LogP contribution in [0, 0.1) is 11.8 Å². The summed E-state index contributed by atoms with van der Waals surface area (Å²) in [4.78, 5) is 4.07. The lowest BCUT2D eigenvalue weighted by molar-refractivity contribution is 0.220. The Kier molecular flexibility index (Phi) is 4.37. The molecule has 2 rings (SSSR count). The van der Waals surface area contributed by atoms with Gasteiger partial charge in [0.15, 0.2) is 0 Å². The van der Waals surface area contributed by atoms with Crippen molar-refractivity contribution in [3.05, 3.63) is 16.6 Å². The molecule has 1 saturated heterocycles. The molecule has 1 N–H and O–H groups in total. The van der Waals surface area contributed by atoms with Crippen molar-refractivity contribution >= 4 is 21.5 Å². The first-order valence-electron chi connectivity index (χ1n) is 6.10. The van der Waals surface area contributed by atoms with Crippen LogP contribution in [0.1, 0.15) is 25.3 Å². The highest BCUT2D eigenvalue weighted by atomic mass is 32.2. The van der Waals surface area contributed by atoms with Gasteiger partial charge in [0.1, 0.15) is 5.01 Å². The van der Waals surface area contributed by atoms with Crippen LogP contribution in [0.5, 0.6) is 0 Å². The minimum absolute atomic E-state index is 0.277. The van der Waals surface area contributed by atoms with Crippen molar-refractivity contribution in [3.63, 3.8) is 0 Å². The predicted octanol–water partition coefficient (Wildman–Crippen LogP) is 1.46. The molecule has 0 spiro atoms. The van der Waals surface area contributed by atoms with Crippen LogP contribution in [0.3, 0.4) is 0 Å². The average molecular weight is 289 g/mol. The first-order chi connectivity index (χ1) is 8.47. The Morgan fingerprint density at radius 3 is 2.67 bits per heavy atom. The van der Waals surface area contributed by atoms with Gasteiger partial charge in [-0.25, -0.2) is 4.98 Å². The van der Waals surface area contributed by atoms with E-state index in [1.165, 1.54) is 11.3 Å². The van der Waals surface area contributed by atoms with Gasteiger partial charge in [0.05, 0.1) is 6.54 Å². The van der Waals surface area contributed by atoms with Crippen LogP contribution in [0.2, 0.25) is 0 Å². The minimum Gasteiger partial charge on any atom is -0.248 e. The van der Waals surface area contributed by atoms with Gasteiger partial charge in [-0.1, -0.05) is 13.8 Å². The summed E-state index contributed by atoms with van der Waals surface area (Å²) in [6.45, 7) is 5.69. The number of piperidine rings is 1. The molecule has 0 radical (unpaired) electrons. The molecule has 1 fully saturated rings. The topological polar surface area (TPSA) is 62.3 Å². The summed E-state index contributed by atoms with van der Waals surface area (Å²) in [5, 5.41) is 2.63. The molecule has 0 aromatic carbocycles. The van der Waals surface area contributed by atoms with Crippen molar-refractivity contribution in [1.82, 2.24) is 14.0 Å². The summed E-state index contributed by atoms with van der Waals surface area (Å²) in [5.74, 6) is 0.843. The van der Waals surface area contributed by atoms with E-state index in [9.17, 15) is 8.42 Å². The first-order valence-corrected chi connectivity index (χ1v) is 8.42. The van der Waals surface area contributed by atoms with Crippen LogP contribution in [0.15, 0.2) is 11.6 Å². The number of nitrogens with one attached hydrogen (secondary N) is 1. The fourth-order valence-electron chi connectivity index (χ4n) is 2.39. The predicted molar refractivity (Wildman–Crippen MR) is 72.4 cm³/mol. The van der Waals surface area contributed by atoms with Crippen LogP contribution >= 0.6 is 11.3 Å². The molecular formula is C11H19N3O2S2. The molecule has 0 unspecified atom stereocenters. The number of hydrogen-bond acceptors (Lipinski definition) is 4. The maximum Gasteiger partial charge on any atom is 0.279 e. The van der Waals surface area contributed by atoms with E-state index in [2.05, 4.69) is 23.6 Å². The lowest BCUT2D eigenvalue weighted by atomic mass is 9.94. The average Bonchev–Trinajstić information content (AvgIpc) is 2.78. The van der Waals surface area contributed by atoms with E-state index in [0.29, 0.717) is 24.9 Å². The van der Waals surface area contributed by atoms with Gasteiger partial charge in [-0.05, 0) is 18.3 Å². The second-order valence-corrected chi connectivity index (χ2v) is 7.75. The molecule has 1 aromatic rings. The number of hydrogen-bond donors (Lipinski definition) is 1. The maximum atomic E-state index is 12.2. The van der Waals surface area contributed by atoms with Crippen molar-refractivity contribution in [2.24, 2.45) is 11.8 Å². The summed E-state index contributed by atoms with van der Waals surface area (Å²) in [5.41, 5.74) is 0. The molecule has 0 bridgehead atoms. The van der Waals surface area contributed by atoms with Crippen LogP contribution < -0.4 is 4.72 Å². The molecule has 2 atom stereocenters. The van der Waals surface area contributed by atoms with E-state index in [0.717, 1.165) is 11.4 Å². The number of rotatable bonds is 4. The molecule has 2 heterocycles. The Morgan fingerprint density at radius 1 is 1.44 bits per heavy atom. The van der Waals surface area contributed by atoms with Crippen molar-refractivity contribution in [3.8, 4) is 0 Å². The van der Waals surface area contributed by atoms with E-state index in [1.54, 1.807) is 10.5 Å². The monoisotopic (exact) mass is 289 g/mol. The molecule has 7 heteroatoms. The Morgan fingerprint density at radius 2 is 2.11 bits per heavy atom. The van der Waals surface area contributed by atoms with E-state index >= 15 is 0 Å². The van der Waals surface area contributed by atoms with Crippen molar-refractivity contribution < 1.29 is 8.42 Å². The normalized spacial score (nSPS) is 26.3. The third-order valence-corrected chi connectivity index (χ3v) is 5.33. The van der Waals surface area contributed by atoms with Crippen LogP contribution in [-0.4, -0.2) is 30.8 Å². The Balaban J connectivity index is 1.97. The van der Waals surface area contributed by atoms with Crippen molar-refractivity contribution in [1.29, 1.82) is 0 Å². The van der Waals surface area contributed by atoms with Gasteiger partial charge in [-0.2, -0.15) is 17.4 Å². The van der Waals surface area contributed by atoms with E-state index < -0.39 is 10.2 Å². The minimum atomic E-state index is -3.38. The van der Waals surface area contributed by atoms with E-state index in [-0.39, 0.29) is 6.54 Å². The van der Waals surface area contributed by atoms with Gasteiger partial charge in [0.25, 0.3) is 10.2 Å². The summed E-state index contributed by atoms with van der Waals surface area (Å²) < 4.78 is 28.5. The van der Waals surface area contributed by atoms with Gasteiger partial charge < -0.3 is 0 Å². The molecule has 18 heavy (non-hydrogen) atoms. The standard InChI is InChI=1S/C11H19N3O2S2/c1-9-5-10(2)8-14(7-9)18(15,16)13-6-11-12-3-4-17-11/h3-4,9-10,13H,5-8H2,1-2H3/t9-,10-/m1/s1. The van der Waals surface area contributed by atoms with Gasteiger partial charge in [0, 0.05) is 24.7 Å². The summed E-state index contributed by atoms with van der Waals surface area (Å²) in [6, 6.07) is 0. The van der Waals surface area contributed by atoms with Crippen molar-refractivity contribution in [2.45, 2.75) is 26.8 Å². The fourth-order valence-corrected chi connectivity index (χ4v) is 4.44. The SMILES string of the molecule is C[C@@H]1C[C@@H](C)CN(S(=O)(=O)NCc2nccs2)C1. The molecule has 0 saturated carbocycles. The Bertz CT molecular complexity index is 462. The highest BCUT2D eigenvalue weighted by molar-refractivity contribution is 7.87. The van der Waals surface area contributed by atoms with Crippen LogP contribution in [0.4, 0.5) is 0 Å². The molecule has 0 aliphatic carbocycles. The summed E-state index contributed by atoms with van der Waals surface area (Å²) in [6.07, 6.45) is 2.78. The lowest BCUT2D eigenvalue weighted by Gasteiger charge is -2.33. The summed E-state index contributed by atoms with van der Waals surface area (Å²) in [7, 11) is -3.38. The highest BCUT2D eigenvalue weighted by Crippen LogP contribution is 2.22. The third kappa shape index (κ3) is 3.50. The molecule has 1 aliphatic rings.